The van der Waals surface area contributed by atoms with E-state index in [2.05, 4.69) is 54.6 Å². The normalized spacial score (nSPS) is 12.5. The van der Waals surface area contributed by atoms with Crippen molar-refractivity contribution in [1.82, 2.24) is 10.4 Å². The van der Waals surface area contributed by atoms with Crippen LogP contribution in [-0.4, -0.2) is 4.98 Å². The third-order valence-corrected chi connectivity index (χ3v) is 3.73. The second-order valence-corrected chi connectivity index (χ2v) is 5.44. The topological polar surface area (TPSA) is 50.9 Å². The first kappa shape index (κ1) is 13.7. The summed E-state index contributed by atoms with van der Waals surface area (Å²) in [5.74, 6) is 5.86. The lowest BCUT2D eigenvalue weighted by Crippen LogP contribution is -2.29. The molecule has 0 saturated heterocycles. The maximum atomic E-state index is 5.86. The lowest BCUT2D eigenvalue weighted by molar-refractivity contribution is 0.640. The van der Waals surface area contributed by atoms with Crippen molar-refractivity contribution in [3.8, 4) is 0 Å². The molecule has 1 atom stereocenters. The van der Waals surface area contributed by atoms with Crippen LogP contribution in [0.5, 0.6) is 0 Å². The Morgan fingerprint density at radius 2 is 1.76 bits per heavy atom. The average Bonchev–Trinajstić information content (AvgIpc) is 2.47. The number of nitrogens with zero attached hydrogens (tertiary/aromatic N) is 1. The fourth-order valence-electron chi connectivity index (χ4n) is 2.92. The van der Waals surface area contributed by atoms with Gasteiger partial charge in [0.2, 0.25) is 0 Å². The number of nitrogens with one attached hydrogen (secondary N) is 1. The molecule has 3 rings (SSSR count). The predicted octanol–water partition coefficient (Wildman–Crippen LogP) is 3.40. The zero-order valence-electron chi connectivity index (χ0n) is 12.3. The van der Waals surface area contributed by atoms with Gasteiger partial charge in [-0.15, -0.1) is 0 Å². The minimum Gasteiger partial charge on any atom is -0.271 e. The molecule has 106 valence electrons. The summed E-state index contributed by atoms with van der Waals surface area (Å²) in [6.07, 6.45) is 1.81. The third kappa shape index (κ3) is 2.66. The van der Waals surface area contributed by atoms with Crippen LogP contribution in [0.3, 0.4) is 0 Å². The highest BCUT2D eigenvalue weighted by Crippen LogP contribution is 2.28. The van der Waals surface area contributed by atoms with Gasteiger partial charge in [0, 0.05) is 11.6 Å². The van der Waals surface area contributed by atoms with Crippen LogP contribution in [0.15, 0.2) is 54.7 Å². The summed E-state index contributed by atoms with van der Waals surface area (Å²) in [6, 6.07) is 16.7. The Labute approximate surface area is 124 Å². The second-order valence-electron chi connectivity index (χ2n) is 5.44. The van der Waals surface area contributed by atoms with E-state index in [9.17, 15) is 0 Å². The summed E-state index contributed by atoms with van der Waals surface area (Å²) < 4.78 is 0. The summed E-state index contributed by atoms with van der Waals surface area (Å²) in [4.78, 5) is 4.42. The van der Waals surface area contributed by atoms with Crippen molar-refractivity contribution in [1.29, 1.82) is 0 Å². The van der Waals surface area contributed by atoms with Crippen molar-refractivity contribution >= 4 is 10.9 Å². The molecular formula is C18H19N3. The van der Waals surface area contributed by atoms with E-state index in [1.165, 1.54) is 16.7 Å². The number of benzene rings is 2. The molecule has 0 radical (unpaired) electrons. The number of hydrazine groups is 1. The highest BCUT2D eigenvalue weighted by molar-refractivity contribution is 5.83. The van der Waals surface area contributed by atoms with E-state index >= 15 is 0 Å². The summed E-state index contributed by atoms with van der Waals surface area (Å²) in [6.45, 7) is 4.21. The van der Waals surface area contributed by atoms with E-state index in [1.54, 1.807) is 0 Å². The Morgan fingerprint density at radius 1 is 1.00 bits per heavy atom. The van der Waals surface area contributed by atoms with Crippen LogP contribution in [0.4, 0.5) is 0 Å². The molecule has 0 aliphatic rings. The van der Waals surface area contributed by atoms with Crippen molar-refractivity contribution < 1.29 is 0 Å². The molecule has 0 aliphatic carbocycles. The number of rotatable bonds is 3. The van der Waals surface area contributed by atoms with Crippen LogP contribution in [0.1, 0.15) is 28.3 Å². The van der Waals surface area contributed by atoms with Crippen molar-refractivity contribution in [3.05, 3.63) is 77.0 Å². The van der Waals surface area contributed by atoms with Gasteiger partial charge in [0.15, 0.2) is 0 Å². The van der Waals surface area contributed by atoms with Gasteiger partial charge in [-0.05, 0) is 37.1 Å². The molecule has 1 aromatic heterocycles. The molecule has 3 N–H and O–H groups in total. The maximum Gasteiger partial charge on any atom is 0.0716 e. The van der Waals surface area contributed by atoms with E-state index in [4.69, 9.17) is 5.84 Å². The van der Waals surface area contributed by atoms with Gasteiger partial charge in [-0.3, -0.25) is 10.8 Å². The molecule has 0 amide bonds. The largest absolute Gasteiger partial charge is 0.271 e. The Morgan fingerprint density at radius 3 is 2.48 bits per heavy atom. The molecule has 3 nitrogen and oxygen atoms in total. The summed E-state index contributed by atoms with van der Waals surface area (Å²) >= 11 is 0. The SMILES string of the molecule is Cc1cc(C)cc(C(NN)c2cccc3ncccc23)c1. The Kier molecular flexibility index (Phi) is 3.69. The highest BCUT2D eigenvalue weighted by atomic mass is 15.2. The summed E-state index contributed by atoms with van der Waals surface area (Å²) in [7, 11) is 0. The zero-order chi connectivity index (χ0) is 14.8. The second kappa shape index (κ2) is 5.64. The molecular weight excluding hydrogens is 258 g/mol. The molecule has 0 bridgehead atoms. The molecule has 0 fully saturated rings. The number of aromatic nitrogens is 1. The lowest BCUT2D eigenvalue weighted by atomic mass is 9.93. The maximum absolute atomic E-state index is 5.86. The van der Waals surface area contributed by atoms with Crippen molar-refractivity contribution in [2.45, 2.75) is 19.9 Å². The first-order valence-electron chi connectivity index (χ1n) is 7.07. The van der Waals surface area contributed by atoms with E-state index in [0.29, 0.717) is 0 Å². The quantitative estimate of drug-likeness (QED) is 0.570. The minimum absolute atomic E-state index is 0.0449. The fraction of sp³-hybridized carbons (Fsp3) is 0.167. The van der Waals surface area contributed by atoms with Crippen LogP contribution in [0.2, 0.25) is 0 Å². The molecule has 1 heterocycles. The molecule has 1 unspecified atom stereocenters. The number of nitrogens with two attached hydrogens (primary N) is 1. The first-order chi connectivity index (χ1) is 10.2. The average molecular weight is 277 g/mol. The number of fused-ring (bicyclic) bond motifs is 1. The van der Waals surface area contributed by atoms with Gasteiger partial charge in [-0.2, -0.15) is 0 Å². The minimum atomic E-state index is -0.0449. The first-order valence-corrected chi connectivity index (χ1v) is 7.07. The lowest BCUT2D eigenvalue weighted by Gasteiger charge is -2.20. The smallest absolute Gasteiger partial charge is 0.0716 e. The van der Waals surface area contributed by atoms with Crippen LogP contribution in [0, 0.1) is 13.8 Å². The van der Waals surface area contributed by atoms with Gasteiger partial charge in [-0.25, -0.2) is 5.43 Å². The Bertz CT molecular complexity index is 755. The molecule has 3 heteroatoms. The number of pyridine rings is 1. The molecule has 2 aromatic carbocycles. The fourth-order valence-corrected chi connectivity index (χ4v) is 2.92. The molecule has 21 heavy (non-hydrogen) atoms. The van der Waals surface area contributed by atoms with Gasteiger partial charge in [0.25, 0.3) is 0 Å². The van der Waals surface area contributed by atoms with Crippen molar-refractivity contribution in [2.24, 2.45) is 5.84 Å². The summed E-state index contributed by atoms with van der Waals surface area (Å²) in [5, 5.41) is 1.13. The molecule has 0 saturated carbocycles. The number of hydrogen-bond acceptors (Lipinski definition) is 3. The van der Waals surface area contributed by atoms with Gasteiger partial charge in [0.05, 0.1) is 11.6 Å². The van der Waals surface area contributed by atoms with Crippen LogP contribution in [-0.2, 0) is 0 Å². The van der Waals surface area contributed by atoms with Gasteiger partial charge in [-0.1, -0.05) is 47.5 Å². The van der Waals surface area contributed by atoms with Gasteiger partial charge < -0.3 is 0 Å². The summed E-state index contributed by atoms with van der Waals surface area (Å²) in [5.41, 5.74) is 8.74. The van der Waals surface area contributed by atoms with Crippen LogP contribution in [0.25, 0.3) is 10.9 Å². The number of hydrogen-bond donors (Lipinski definition) is 2. The van der Waals surface area contributed by atoms with Crippen LogP contribution < -0.4 is 11.3 Å². The van der Waals surface area contributed by atoms with E-state index in [0.717, 1.165) is 16.5 Å². The highest BCUT2D eigenvalue weighted by Gasteiger charge is 2.15. The van der Waals surface area contributed by atoms with E-state index in [1.807, 2.05) is 24.4 Å². The molecule has 3 aromatic rings. The van der Waals surface area contributed by atoms with Gasteiger partial charge >= 0.3 is 0 Å². The van der Waals surface area contributed by atoms with E-state index < -0.39 is 0 Å². The van der Waals surface area contributed by atoms with E-state index in [-0.39, 0.29) is 6.04 Å². The standard InChI is InChI=1S/C18H19N3/c1-12-9-13(2)11-14(10-12)18(21-19)16-5-3-7-17-15(16)6-4-8-20-17/h3-11,18,21H,19H2,1-2H3. The monoisotopic (exact) mass is 277 g/mol. The Balaban J connectivity index is 2.18. The predicted molar refractivity (Wildman–Crippen MR) is 86.8 cm³/mol. The van der Waals surface area contributed by atoms with Crippen molar-refractivity contribution in [3.63, 3.8) is 0 Å². The van der Waals surface area contributed by atoms with Crippen molar-refractivity contribution in [2.75, 3.05) is 0 Å². The molecule has 0 spiro atoms. The van der Waals surface area contributed by atoms with Gasteiger partial charge in [0.1, 0.15) is 0 Å². The molecule has 0 aliphatic heterocycles. The third-order valence-electron chi connectivity index (χ3n) is 3.73. The Hall–Kier alpha value is -2.23. The van der Waals surface area contributed by atoms with Crippen LogP contribution >= 0.6 is 0 Å². The number of aryl methyl sites for hydroxylation is 2. The zero-order valence-corrected chi connectivity index (χ0v) is 12.3.